The third-order valence-corrected chi connectivity index (χ3v) is 4.88. The van der Waals surface area contributed by atoms with Gasteiger partial charge in [0.25, 0.3) is 5.56 Å². The van der Waals surface area contributed by atoms with Crippen LogP contribution >= 0.6 is 15.9 Å². The lowest BCUT2D eigenvalue weighted by molar-refractivity contribution is 0.0969. The summed E-state index contributed by atoms with van der Waals surface area (Å²) in [5.41, 5.74) is 5.73. The van der Waals surface area contributed by atoms with E-state index in [0.717, 1.165) is 4.57 Å². The number of carbonyl (C=O) groups is 1. The van der Waals surface area contributed by atoms with Gasteiger partial charge in [0, 0.05) is 24.8 Å². The molecule has 3 aromatic rings. The number of allylic oxidation sites excluding steroid dienone is 2. The Labute approximate surface area is 162 Å². The second-order valence-electron chi connectivity index (χ2n) is 5.98. The van der Waals surface area contributed by atoms with E-state index < -0.39 is 23.6 Å². The van der Waals surface area contributed by atoms with Crippen LogP contribution in [-0.2, 0) is 20.1 Å². The van der Waals surface area contributed by atoms with Crippen molar-refractivity contribution >= 4 is 38.6 Å². The van der Waals surface area contributed by atoms with E-state index in [0.29, 0.717) is 17.0 Å². The first-order valence-electron chi connectivity index (χ1n) is 8.21. The van der Waals surface area contributed by atoms with Gasteiger partial charge in [-0.15, -0.1) is 0 Å². The molecule has 0 bridgehead atoms. The average Bonchev–Trinajstić information content (AvgIpc) is 2.98. The van der Waals surface area contributed by atoms with Gasteiger partial charge < -0.3 is 10.3 Å². The van der Waals surface area contributed by atoms with E-state index in [9.17, 15) is 14.4 Å². The van der Waals surface area contributed by atoms with E-state index in [1.165, 1.54) is 11.6 Å². The monoisotopic (exact) mass is 431 g/mol. The lowest BCUT2D eigenvalue weighted by Gasteiger charge is -2.10. The van der Waals surface area contributed by atoms with Crippen LogP contribution in [0.3, 0.4) is 0 Å². The molecular formula is C18H18BrN5O3. The number of hydrogen-bond donors (Lipinski definition) is 1. The van der Waals surface area contributed by atoms with Crippen molar-refractivity contribution < 1.29 is 4.79 Å². The third-order valence-electron chi connectivity index (χ3n) is 4.27. The number of anilines is 1. The van der Waals surface area contributed by atoms with Crippen molar-refractivity contribution in [2.75, 3.05) is 5.73 Å². The molecule has 0 spiro atoms. The Bertz CT molecular complexity index is 1190. The topological polar surface area (TPSA) is 105 Å². The SMILES string of the molecule is C/C=C/Cn1c(Br)nc2c1c(=O)n(CC(=O)c1ccccc1N)c(=O)n2C. The van der Waals surface area contributed by atoms with Gasteiger partial charge in [0.15, 0.2) is 21.7 Å². The lowest BCUT2D eigenvalue weighted by atomic mass is 10.1. The van der Waals surface area contributed by atoms with Crippen molar-refractivity contribution in [3.63, 3.8) is 0 Å². The molecule has 2 aromatic heterocycles. The molecule has 0 saturated carbocycles. The molecule has 0 saturated heterocycles. The molecule has 8 nitrogen and oxygen atoms in total. The van der Waals surface area contributed by atoms with Gasteiger partial charge in [0.2, 0.25) is 0 Å². The van der Waals surface area contributed by atoms with Crippen LogP contribution in [0.15, 0.2) is 50.7 Å². The number of nitrogens with zero attached hydrogens (tertiary/aromatic N) is 4. The molecule has 27 heavy (non-hydrogen) atoms. The zero-order valence-electron chi connectivity index (χ0n) is 14.8. The fourth-order valence-corrected chi connectivity index (χ4v) is 3.33. The van der Waals surface area contributed by atoms with E-state index in [1.807, 2.05) is 19.1 Å². The maximum atomic E-state index is 13.0. The lowest BCUT2D eigenvalue weighted by Crippen LogP contribution is -2.41. The van der Waals surface area contributed by atoms with Crippen LogP contribution in [0, 0.1) is 0 Å². The number of rotatable bonds is 5. The maximum absolute atomic E-state index is 13.0. The number of hydrogen-bond acceptors (Lipinski definition) is 5. The van der Waals surface area contributed by atoms with Gasteiger partial charge >= 0.3 is 5.69 Å². The quantitative estimate of drug-likeness (QED) is 0.286. The summed E-state index contributed by atoms with van der Waals surface area (Å²) < 4.78 is 4.25. The van der Waals surface area contributed by atoms with Crippen molar-refractivity contribution in [3.05, 3.63) is 67.6 Å². The molecule has 0 atom stereocenters. The molecule has 3 rings (SSSR count). The fourth-order valence-electron chi connectivity index (χ4n) is 2.84. The van der Waals surface area contributed by atoms with Gasteiger partial charge in [-0.1, -0.05) is 24.3 Å². The molecule has 0 amide bonds. The molecular weight excluding hydrogens is 414 g/mol. The number of para-hydroxylation sites is 1. The number of nitrogen functional groups attached to an aromatic ring is 1. The van der Waals surface area contributed by atoms with Crippen LogP contribution in [0.5, 0.6) is 0 Å². The first-order chi connectivity index (χ1) is 12.9. The van der Waals surface area contributed by atoms with Gasteiger partial charge in [-0.3, -0.25) is 18.7 Å². The van der Waals surface area contributed by atoms with Crippen LogP contribution < -0.4 is 17.0 Å². The highest BCUT2D eigenvalue weighted by Gasteiger charge is 2.21. The molecule has 2 heterocycles. The number of Topliss-reactive ketones (excluding diaryl/α,β-unsaturated/α-hetero) is 1. The Kier molecular flexibility index (Phi) is 5.13. The third kappa shape index (κ3) is 3.25. The second-order valence-corrected chi connectivity index (χ2v) is 6.69. The summed E-state index contributed by atoms with van der Waals surface area (Å²) in [7, 11) is 1.52. The van der Waals surface area contributed by atoms with E-state index in [-0.39, 0.29) is 16.7 Å². The predicted molar refractivity (Wildman–Crippen MR) is 107 cm³/mol. The fraction of sp³-hybridized carbons (Fsp3) is 0.222. The minimum Gasteiger partial charge on any atom is -0.398 e. The largest absolute Gasteiger partial charge is 0.398 e. The smallest absolute Gasteiger partial charge is 0.332 e. The summed E-state index contributed by atoms with van der Waals surface area (Å²) in [6, 6.07) is 6.55. The Morgan fingerprint density at radius 2 is 1.96 bits per heavy atom. The first-order valence-corrected chi connectivity index (χ1v) is 9.00. The molecule has 0 aliphatic rings. The molecule has 140 valence electrons. The summed E-state index contributed by atoms with van der Waals surface area (Å²) in [6.45, 7) is 1.87. The molecule has 0 radical (unpaired) electrons. The van der Waals surface area contributed by atoms with E-state index in [1.54, 1.807) is 28.8 Å². The first kappa shape index (κ1) is 18.8. The zero-order valence-corrected chi connectivity index (χ0v) is 16.4. The van der Waals surface area contributed by atoms with Crippen LogP contribution in [-0.4, -0.2) is 24.5 Å². The van der Waals surface area contributed by atoms with Gasteiger partial charge in [-0.05, 0) is 35.0 Å². The Hall–Kier alpha value is -2.94. The molecule has 0 aliphatic carbocycles. The van der Waals surface area contributed by atoms with Crippen LogP contribution in [0.25, 0.3) is 11.2 Å². The summed E-state index contributed by atoms with van der Waals surface area (Å²) in [6.07, 6.45) is 3.71. The molecule has 1 aromatic carbocycles. The van der Waals surface area contributed by atoms with Crippen molar-refractivity contribution in [3.8, 4) is 0 Å². The van der Waals surface area contributed by atoms with E-state index in [4.69, 9.17) is 5.73 Å². The molecule has 0 fully saturated rings. The maximum Gasteiger partial charge on any atom is 0.332 e. The number of halogens is 1. The Balaban J connectivity index is 2.19. The van der Waals surface area contributed by atoms with Gasteiger partial charge in [0.1, 0.15) is 0 Å². The molecule has 2 N–H and O–H groups in total. The molecule has 0 unspecified atom stereocenters. The Morgan fingerprint density at radius 1 is 1.26 bits per heavy atom. The number of imidazole rings is 1. The van der Waals surface area contributed by atoms with Crippen LogP contribution in [0.4, 0.5) is 5.69 Å². The number of carbonyl (C=O) groups excluding carboxylic acids is 1. The minimum absolute atomic E-state index is 0.246. The summed E-state index contributed by atoms with van der Waals surface area (Å²) >= 11 is 3.33. The van der Waals surface area contributed by atoms with Gasteiger partial charge in [-0.2, -0.15) is 0 Å². The second kappa shape index (κ2) is 7.36. The summed E-state index contributed by atoms with van der Waals surface area (Å²) in [5.74, 6) is -0.412. The Morgan fingerprint density at radius 3 is 2.63 bits per heavy atom. The zero-order chi connectivity index (χ0) is 19.7. The summed E-state index contributed by atoms with van der Waals surface area (Å²) in [5, 5.41) is 0. The van der Waals surface area contributed by atoms with Crippen LogP contribution in [0.1, 0.15) is 17.3 Å². The highest BCUT2D eigenvalue weighted by Crippen LogP contribution is 2.17. The molecule has 0 aliphatic heterocycles. The van der Waals surface area contributed by atoms with E-state index >= 15 is 0 Å². The highest BCUT2D eigenvalue weighted by atomic mass is 79.9. The normalized spacial score (nSPS) is 11.5. The number of benzene rings is 1. The predicted octanol–water partition coefficient (Wildman–Crippen LogP) is 1.70. The number of ketones is 1. The van der Waals surface area contributed by atoms with Crippen LogP contribution in [0.2, 0.25) is 0 Å². The molecule has 9 heteroatoms. The minimum atomic E-state index is -0.612. The number of aryl methyl sites for hydroxylation is 1. The van der Waals surface area contributed by atoms with Crippen molar-refractivity contribution in [2.24, 2.45) is 7.05 Å². The number of nitrogens with two attached hydrogens (primary N) is 1. The standard InChI is InChI=1S/C18H18BrN5O3/c1-3-4-9-23-14-15(21-17(23)19)22(2)18(27)24(16(14)26)10-13(25)11-7-5-6-8-12(11)20/h3-8H,9-10,20H2,1-2H3/b4-3+. The van der Waals surface area contributed by atoms with Crippen molar-refractivity contribution in [2.45, 2.75) is 20.0 Å². The number of fused-ring (bicyclic) bond motifs is 1. The van der Waals surface area contributed by atoms with Crippen molar-refractivity contribution in [1.29, 1.82) is 0 Å². The van der Waals surface area contributed by atoms with Gasteiger partial charge in [-0.25, -0.2) is 9.78 Å². The van der Waals surface area contributed by atoms with Gasteiger partial charge in [0.05, 0.1) is 6.54 Å². The summed E-state index contributed by atoms with van der Waals surface area (Å²) in [4.78, 5) is 42.6. The number of aromatic nitrogens is 4. The average molecular weight is 432 g/mol. The highest BCUT2D eigenvalue weighted by molar-refractivity contribution is 9.10. The van der Waals surface area contributed by atoms with Crippen molar-refractivity contribution in [1.82, 2.24) is 18.7 Å². The van der Waals surface area contributed by atoms with E-state index in [2.05, 4.69) is 20.9 Å².